The lowest BCUT2D eigenvalue weighted by Crippen LogP contribution is -2.25. The first-order valence-electron chi connectivity index (χ1n) is 8.44. The Morgan fingerprint density at radius 1 is 1.29 bits per heavy atom. The number of rotatable bonds is 5. The first kappa shape index (κ1) is 16.7. The zero-order valence-electron chi connectivity index (χ0n) is 14.6. The Morgan fingerprint density at radius 2 is 2.12 bits per heavy atom. The first-order valence-corrected chi connectivity index (χ1v) is 8.44. The monoisotopic (exact) mass is 331 g/mol. The Balaban J connectivity index is 1.74. The first-order chi connectivity index (χ1) is 11.6. The highest BCUT2D eigenvalue weighted by Crippen LogP contribution is 2.16. The van der Waals surface area contributed by atoms with E-state index in [1.807, 2.05) is 14.0 Å². The predicted octanol–water partition coefficient (Wildman–Crippen LogP) is 1.64. The fourth-order valence-electron chi connectivity index (χ4n) is 3.26. The maximum Gasteiger partial charge on any atom is 0.228 e. The number of fused-ring (bicyclic) bond motifs is 1. The van der Waals surface area contributed by atoms with Crippen molar-refractivity contribution in [1.82, 2.24) is 24.6 Å². The van der Waals surface area contributed by atoms with Gasteiger partial charge in [-0.15, -0.1) is 10.2 Å². The number of pyridine rings is 1. The third-order valence-corrected chi connectivity index (χ3v) is 4.54. The van der Waals surface area contributed by atoms with E-state index in [0.29, 0.717) is 24.4 Å². The lowest BCUT2D eigenvalue weighted by molar-refractivity contribution is 0.301. The second-order valence-corrected chi connectivity index (χ2v) is 6.47. The molecule has 0 spiro atoms. The SMILES string of the molecule is COc1c(C)[nH]cc(CN(C)Cc2nnc3n2CCCCC3)c1=O. The summed E-state index contributed by atoms with van der Waals surface area (Å²) in [7, 11) is 3.51. The molecule has 2 aromatic heterocycles. The topological polar surface area (TPSA) is 76.0 Å². The highest BCUT2D eigenvalue weighted by Gasteiger charge is 2.17. The number of aryl methyl sites for hydroxylation is 2. The lowest BCUT2D eigenvalue weighted by Gasteiger charge is -2.17. The standard InChI is InChI=1S/C17H25N5O2/c1-12-17(24-3)16(23)13(9-18-12)10-21(2)11-15-20-19-14-7-5-4-6-8-22(14)15/h9H,4-8,10-11H2,1-3H3,(H,18,23). The van der Waals surface area contributed by atoms with E-state index in [9.17, 15) is 4.79 Å². The zero-order chi connectivity index (χ0) is 17.1. The maximum atomic E-state index is 12.4. The molecule has 3 heterocycles. The van der Waals surface area contributed by atoms with Crippen molar-refractivity contribution < 1.29 is 4.74 Å². The Kier molecular flexibility index (Phi) is 4.99. The largest absolute Gasteiger partial charge is 0.491 e. The highest BCUT2D eigenvalue weighted by molar-refractivity contribution is 5.30. The molecule has 0 atom stereocenters. The van der Waals surface area contributed by atoms with Crippen LogP contribution in [0, 0.1) is 6.92 Å². The number of ether oxygens (including phenoxy) is 1. The number of methoxy groups -OCH3 is 1. The molecule has 0 aliphatic carbocycles. The normalized spacial score (nSPS) is 14.5. The van der Waals surface area contributed by atoms with Crippen molar-refractivity contribution in [3.63, 3.8) is 0 Å². The van der Waals surface area contributed by atoms with Gasteiger partial charge in [0.25, 0.3) is 0 Å². The van der Waals surface area contributed by atoms with E-state index in [2.05, 4.69) is 24.6 Å². The van der Waals surface area contributed by atoms with Crippen molar-refractivity contribution in [2.45, 2.75) is 52.2 Å². The summed E-state index contributed by atoms with van der Waals surface area (Å²) in [6.07, 6.45) is 6.38. The molecule has 1 N–H and O–H groups in total. The van der Waals surface area contributed by atoms with Gasteiger partial charge in [-0.3, -0.25) is 9.69 Å². The van der Waals surface area contributed by atoms with Crippen molar-refractivity contribution in [1.29, 1.82) is 0 Å². The molecule has 1 aliphatic rings. The average molecular weight is 331 g/mol. The summed E-state index contributed by atoms with van der Waals surface area (Å²) in [6, 6.07) is 0. The van der Waals surface area contributed by atoms with Crippen LogP contribution in [0.2, 0.25) is 0 Å². The number of H-pyrrole nitrogens is 1. The summed E-state index contributed by atoms with van der Waals surface area (Å²) >= 11 is 0. The summed E-state index contributed by atoms with van der Waals surface area (Å²) in [5.74, 6) is 2.45. The molecule has 7 nitrogen and oxygen atoms in total. The van der Waals surface area contributed by atoms with Gasteiger partial charge in [-0.05, 0) is 26.8 Å². The van der Waals surface area contributed by atoms with E-state index in [1.165, 1.54) is 26.4 Å². The maximum absolute atomic E-state index is 12.4. The van der Waals surface area contributed by atoms with E-state index in [4.69, 9.17) is 4.74 Å². The average Bonchev–Trinajstić information content (AvgIpc) is 2.79. The lowest BCUT2D eigenvalue weighted by atomic mass is 10.2. The molecule has 7 heteroatoms. The summed E-state index contributed by atoms with van der Waals surface area (Å²) in [5, 5.41) is 8.68. The van der Waals surface area contributed by atoms with Crippen LogP contribution in [0.15, 0.2) is 11.0 Å². The minimum Gasteiger partial charge on any atom is -0.491 e. The molecule has 0 fully saturated rings. The Hall–Kier alpha value is -2.15. The van der Waals surface area contributed by atoms with Gasteiger partial charge >= 0.3 is 0 Å². The van der Waals surface area contributed by atoms with Gasteiger partial charge in [-0.2, -0.15) is 0 Å². The second-order valence-electron chi connectivity index (χ2n) is 6.47. The van der Waals surface area contributed by atoms with Crippen molar-refractivity contribution in [2.24, 2.45) is 0 Å². The fraction of sp³-hybridized carbons (Fsp3) is 0.588. The van der Waals surface area contributed by atoms with E-state index in [-0.39, 0.29) is 5.43 Å². The van der Waals surface area contributed by atoms with Crippen LogP contribution in [0.5, 0.6) is 5.75 Å². The van der Waals surface area contributed by atoms with E-state index in [1.54, 1.807) is 6.20 Å². The van der Waals surface area contributed by atoms with Gasteiger partial charge in [0.05, 0.1) is 19.3 Å². The molecule has 0 saturated carbocycles. The number of nitrogens with one attached hydrogen (secondary N) is 1. The van der Waals surface area contributed by atoms with Crippen molar-refractivity contribution in [2.75, 3.05) is 14.2 Å². The smallest absolute Gasteiger partial charge is 0.228 e. The molecule has 2 aromatic rings. The number of hydrogen-bond donors (Lipinski definition) is 1. The Bertz CT molecular complexity index is 765. The third-order valence-electron chi connectivity index (χ3n) is 4.54. The van der Waals surface area contributed by atoms with Gasteiger partial charge in [0.15, 0.2) is 5.75 Å². The van der Waals surface area contributed by atoms with E-state index in [0.717, 1.165) is 30.3 Å². The summed E-state index contributed by atoms with van der Waals surface area (Å²) in [5.41, 5.74) is 1.38. The van der Waals surface area contributed by atoms with Gasteiger partial charge in [0.2, 0.25) is 5.43 Å². The molecule has 0 aromatic carbocycles. The zero-order valence-corrected chi connectivity index (χ0v) is 14.6. The molecule has 0 bridgehead atoms. The van der Waals surface area contributed by atoms with Gasteiger partial charge in [-0.25, -0.2) is 0 Å². The summed E-state index contributed by atoms with van der Waals surface area (Å²) in [6.45, 7) is 4.03. The molecule has 130 valence electrons. The number of aromatic amines is 1. The number of nitrogens with zero attached hydrogens (tertiary/aromatic N) is 4. The minimum atomic E-state index is -0.0549. The molecule has 0 saturated heterocycles. The molecule has 24 heavy (non-hydrogen) atoms. The number of hydrogen-bond acceptors (Lipinski definition) is 5. The van der Waals surface area contributed by atoms with Crippen LogP contribution in [-0.2, 0) is 26.1 Å². The second kappa shape index (κ2) is 7.17. The van der Waals surface area contributed by atoms with Crippen LogP contribution in [0.3, 0.4) is 0 Å². The van der Waals surface area contributed by atoms with E-state index >= 15 is 0 Å². The molecule has 3 rings (SSSR count). The Morgan fingerprint density at radius 3 is 2.92 bits per heavy atom. The molecule has 0 unspecified atom stereocenters. The van der Waals surface area contributed by atoms with Gasteiger partial charge in [-0.1, -0.05) is 6.42 Å². The quantitative estimate of drug-likeness (QED) is 0.901. The Labute approximate surface area is 141 Å². The molecular formula is C17H25N5O2. The summed E-state index contributed by atoms with van der Waals surface area (Å²) in [4.78, 5) is 17.6. The molecule has 0 amide bonds. The van der Waals surface area contributed by atoms with Crippen LogP contribution in [0.25, 0.3) is 0 Å². The van der Waals surface area contributed by atoms with E-state index < -0.39 is 0 Å². The molecular weight excluding hydrogens is 306 g/mol. The van der Waals surface area contributed by atoms with Gasteiger partial charge in [0.1, 0.15) is 11.6 Å². The highest BCUT2D eigenvalue weighted by atomic mass is 16.5. The fourth-order valence-corrected chi connectivity index (χ4v) is 3.26. The van der Waals surface area contributed by atoms with Crippen molar-refractivity contribution in [3.05, 3.63) is 39.3 Å². The van der Waals surface area contributed by atoms with Crippen LogP contribution in [0.4, 0.5) is 0 Å². The molecule has 0 radical (unpaired) electrons. The third kappa shape index (κ3) is 3.36. The van der Waals surface area contributed by atoms with Crippen LogP contribution in [0.1, 0.15) is 42.2 Å². The minimum absolute atomic E-state index is 0.0549. The van der Waals surface area contributed by atoms with Gasteiger partial charge in [0, 0.05) is 31.3 Å². The van der Waals surface area contributed by atoms with Gasteiger partial charge < -0.3 is 14.3 Å². The van der Waals surface area contributed by atoms with Crippen LogP contribution in [-0.4, -0.2) is 38.8 Å². The molecule has 1 aliphatic heterocycles. The van der Waals surface area contributed by atoms with Crippen molar-refractivity contribution in [3.8, 4) is 5.75 Å². The van der Waals surface area contributed by atoms with Crippen LogP contribution >= 0.6 is 0 Å². The predicted molar refractivity (Wildman–Crippen MR) is 91.1 cm³/mol. The summed E-state index contributed by atoms with van der Waals surface area (Å²) < 4.78 is 7.44. The van der Waals surface area contributed by atoms with Crippen LogP contribution < -0.4 is 10.2 Å². The number of aromatic nitrogens is 4. The van der Waals surface area contributed by atoms with Crippen molar-refractivity contribution >= 4 is 0 Å².